The molecule has 0 fully saturated rings. The highest BCUT2D eigenvalue weighted by molar-refractivity contribution is 9.10. The fraction of sp³-hybridized carbons (Fsp3) is 0.136. The molecule has 2 aromatic heterocycles. The monoisotopic (exact) mass is 483 g/mol. The molecule has 0 bridgehead atoms. The molecule has 0 spiro atoms. The molecule has 2 aromatic carbocycles. The van der Waals surface area contributed by atoms with Crippen LogP contribution in [0.3, 0.4) is 0 Å². The molecule has 8 heteroatoms. The highest BCUT2D eigenvalue weighted by Gasteiger charge is 2.18. The number of hydrogen-bond acceptors (Lipinski definition) is 4. The molecule has 30 heavy (non-hydrogen) atoms. The van der Waals surface area contributed by atoms with Crippen molar-refractivity contribution in [2.24, 2.45) is 0 Å². The van der Waals surface area contributed by atoms with Crippen LogP contribution in [0.2, 0.25) is 0 Å². The lowest BCUT2D eigenvalue weighted by Gasteiger charge is -2.14. The number of amides is 1. The van der Waals surface area contributed by atoms with E-state index in [-0.39, 0.29) is 18.0 Å². The molecule has 0 unspecified atom stereocenters. The molecule has 0 aliphatic heterocycles. The molecule has 152 valence electrons. The summed E-state index contributed by atoms with van der Waals surface area (Å²) < 4.78 is 3.84. The lowest BCUT2D eigenvalue weighted by molar-refractivity contribution is -0.116. The molecular weight excluding hydrogens is 466 g/mol. The topological polar surface area (TPSA) is 73.1 Å². The molecule has 4 rings (SSSR count). The van der Waals surface area contributed by atoms with Crippen LogP contribution in [-0.2, 0) is 11.3 Å². The largest absolute Gasteiger partial charge is 0.336 e. The minimum Gasteiger partial charge on any atom is -0.325 e. The summed E-state index contributed by atoms with van der Waals surface area (Å²) in [7, 11) is 0. The fourth-order valence-corrected chi connectivity index (χ4v) is 4.47. The van der Waals surface area contributed by atoms with Crippen LogP contribution in [0.15, 0.2) is 68.0 Å². The van der Waals surface area contributed by atoms with E-state index in [1.807, 2.05) is 38.1 Å². The Morgan fingerprint density at radius 2 is 1.80 bits per heavy atom. The zero-order chi connectivity index (χ0) is 21.4. The first-order valence-electron chi connectivity index (χ1n) is 9.21. The third-order valence-corrected chi connectivity index (χ3v) is 6.20. The molecule has 0 aliphatic rings. The van der Waals surface area contributed by atoms with Crippen molar-refractivity contribution in [3.8, 4) is 5.69 Å². The molecule has 4 aromatic rings. The number of benzene rings is 2. The summed E-state index contributed by atoms with van der Waals surface area (Å²) in [6.07, 6.45) is 0. The summed E-state index contributed by atoms with van der Waals surface area (Å²) in [6, 6.07) is 14.4. The SMILES string of the molecule is Cc1ccc(-n2c(=O)c3sccc3n(CC(=O)Nc3ccc(Br)cc3)c2=O)c(C)c1. The van der Waals surface area contributed by atoms with E-state index >= 15 is 0 Å². The maximum Gasteiger partial charge on any atom is 0.336 e. The second kappa shape index (κ2) is 8.04. The maximum absolute atomic E-state index is 13.3. The number of aromatic nitrogens is 2. The number of fused-ring (bicyclic) bond motifs is 1. The van der Waals surface area contributed by atoms with E-state index in [1.165, 1.54) is 15.9 Å². The van der Waals surface area contributed by atoms with Crippen molar-refractivity contribution in [1.29, 1.82) is 0 Å². The van der Waals surface area contributed by atoms with E-state index in [9.17, 15) is 14.4 Å². The first-order valence-corrected chi connectivity index (χ1v) is 10.9. The van der Waals surface area contributed by atoms with Gasteiger partial charge in [-0.15, -0.1) is 11.3 Å². The van der Waals surface area contributed by atoms with Crippen LogP contribution in [0.5, 0.6) is 0 Å². The summed E-state index contributed by atoms with van der Waals surface area (Å²) in [5.41, 5.74) is 2.55. The summed E-state index contributed by atoms with van der Waals surface area (Å²) in [4.78, 5) is 39.0. The third kappa shape index (κ3) is 3.76. The Labute approximate surface area is 184 Å². The van der Waals surface area contributed by atoms with Crippen molar-refractivity contribution in [2.75, 3.05) is 5.32 Å². The van der Waals surface area contributed by atoms with Gasteiger partial charge in [0, 0.05) is 10.2 Å². The second-order valence-electron chi connectivity index (χ2n) is 6.99. The summed E-state index contributed by atoms with van der Waals surface area (Å²) in [5, 5.41) is 4.54. The van der Waals surface area contributed by atoms with Gasteiger partial charge < -0.3 is 5.32 Å². The van der Waals surface area contributed by atoms with Crippen molar-refractivity contribution >= 4 is 49.1 Å². The van der Waals surface area contributed by atoms with Crippen LogP contribution in [0.25, 0.3) is 15.9 Å². The lowest BCUT2D eigenvalue weighted by atomic mass is 10.1. The zero-order valence-electron chi connectivity index (χ0n) is 16.3. The van der Waals surface area contributed by atoms with Gasteiger partial charge >= 0.3 is 5.69 Å². The molecule has 0 saturated carbocycles. The molecule has 0 radical (unpaired) electrons. The Morgan fingerprint density at radius 3 is 2.50 bits per heavy atom. The van der Waals surface area contributed by atoms with Gasteiger partial charge in [0.05, 0.1) is 11.2 Å². The van der Waals surface area contributed by atoms with Gasteiger partial charge in [-0.2, -0.15) is 0 Å². The van der Waals surface area contributed by atoms with Crippen LogP contribution in [0, 0.1) is 13.8 Å². The maximum atomic E-state index is 13.3. The number of hydrogen-bond donors (Lipinski definition) is 1. The van der Waals surface area contributed by atoms with Crippen molar-refractivity contribution in [1.82, 2.24) is 9.13 Å². The Hall–Kier alpha value is -2.97. The summed E-state index contributed by atoms with van der Waals surface area (Å²) in [5.74, 6) is -0.349. The fourth-order valence-electron chi connectivity index (χ4n) is 3.39. The number of carbonyl (C=O) groups excluding carboxylic acids is 1. The van der Waals surface area contributed by atoms with Gasteiger partial charge in [-0.1, -0.05) is 33.6 Å². The zero-order valence-corrected chi connectivity index (χ0v) is 18.7. The first-order chi connectivity index (χ1) is 14.3. The van der Waals surface area contributed by atoms with Crippen LogP contribution in [0.1, 0.15) is 11.1 Å². The Bertz CT molecular complexity index is 1380. The first kappa shape index (κ1) is 20.3. The van der Waals surface area contributed by atoms with Crippen LogP contribution >= 0.6 is 27.3 Å². The van der Waals surface area contributed by atoms with Gasteiger partial charge in [0.1, 0.15) is 11.2 Å². The highest BCUT2D eigenvalue weighted by atomic mass is 79.9. The van der Waals surface area contributed by atoms with Gasteiger partial charge in [-0.25, -0.2) is 9.36 Å². The average molecular weight is 484 g/mol. The predicted molar refractivity (Wildman–Crippen MR) is 124 cm³/mol. The minimum absolute atomic E-state index is 0.201. The van der Waals surface area contributed by atoms with E-state index in [0.717, 1.165) is 20.2 Å². The van der Waals surface area contributed by atoms with Crippen molar-refractivity contribution in [3.05, 3.63) is 90.3 Å². The Morgan fingerprint density at radius 1 is 1.07 bits per heavy atom. The second-order valence-corrected chi connectivity index (χ2v) is 8.82. The van der Waals surface area contributed by atoms with Crippen LogP contribution in [-0.4, -0.2) is 15.0 Å². The normalized spacial score (nSPS) is 11.0. The van der Waals surface area contributed by atoms with E-state index in [2.05, 4.69) is 21.2 Å². The molecule has 1 N–H and O–H groups in total. The molecule has 0 aliphatic carbocycles. The molecule has 2 heterocycles. The number of nitrogens with zero attached hydrogens (tertiary/aromatic N) is 2. The predicted octanol–water partition coefficient (Wildman–Crippen LogP) is 4.23. The lowest BCUT2D eigenvalue weighted by Crippen LogP contribution is -2.40. The van der Waals surface area contributed by atoms with Crippen molar-refractivity contribution in [2.45, 2.75) is 20.4 Å². The smallest absolute Gasteiger partial charge is 0.325 e. The van der Waals surface area contributed by atoms with Crippen LogP contribution < -0.4 is 16.6 Å². The van der Waals surface area contributed by atoms with Crippen molar-refractivity contribution in [3.63, 3.8) is 0 Å². The van der Waals surface area contributed by atoms with E-state index in [0.29, 0.717) is 21.6 Å². The molecule has 1 amide bonds. The Kier molecular flexibility index (Phi) is 5.44. The molecule has 0 saturated heterocycles. The average Bonchev–Trinajstić information content (AvgIpc) is 3.19. The number of rotatable bonds is 4. The number of halogens is 1. The standard InChI is InChI=1S/C22H18BrN3O3S/c1-13-3-8-17(14(2)11-13)26-21(28)20-18(9-10-30-20)25(22(26)29)12-19(27)24-16-6-4-15(23)5-7-16/h3-11H,12H2,1-2H3,(H,24,27). The number of aryl methyl sites for hydroxylation is 2. The van der Waals surface area contributed by atoms with E-state index in [1.54, 1.807) is 29.6 Å². The number of anilines is 1. The van der Waals surface area contributed by atoms with Crippen molar-refractivity contribution < 1.29 is 4.79 Å². The van der Waals surface area contributed by atoms with Gasteiger partial charge in [-0.05, 0) is 61.2 Å². The molecule has 0 atom stereocenters. The molecule has 6 nitrogen and oxygen atoms in total. The number of nitrogens with one attached hydrogen (secondary N) is 1. The number of carbonyl (C=O) groups is 1. The van der Waals surface area contributed by atoms with Gasteiger partial charge in [-0.3, -0.25) is 14.2 Å². The van der Waals surface area contributed by atoms with Gasteiger partial charge in [0.25, 0.3) is 5.56 Å². The van der Waals surface area contributed by atoms with Gasteiger partial charge in [0.15, 0.2) is 0 Å². The summed E-state index contributed by atoms with van der Waals surface area (Å²) in [6.45, 7) is 3.61. The Balaban J connectivity index is 1.81. The summed E-state index contributed by atoms with van der Waals surface area (Å²) >= 11 is 4.61. The minimum atomic E-state index is -0.538. The van der Waals surface area contributed by atoms with E-state index < -0.39 is 5.69 Å². The van der Waals surface area contributed by atoms with E-state index in [4.69, 9.17) is 0 Å². The quantitative estimate of drug-likeness (QED) is 0.471. The highest BCUT2D eigenvalue weighted by Crippen LogP contribution is 2.19. The van der Waals surface area contributed by atoms with Gasteiger partial charge in [0.2, 0.25) is 5.91 Å². The van der Waals surface area contributed by atoms with Crippen LogP contribution in [0.4, 0.5) is 5.69 Å². The number of thiophene rings is 1. The molecular formula is C22H18BrN3O3S. The third-order valence-electron chi connectivity index (χ3n) is 4.78.